The number of carbonyl (C=O) groups excluding carboxylic acids is 1. The van der Waals surface area contributed by atoms with Crippen molar-refractivity contribution in [2.75, 3.05) is 16.0 Å². The van der Waals surface area contributed by atoms with Crippen molar-refractivity contribution in [2.24, 2.45) is 0 Å². The number of anilines is 4. The SMILES string of the molecule is CCCCc1cc(NC(=O)Nc2ccc(Oc3ccnc(Nc4cccc(C)c4)n3)c3ccccc23)n(-c2ccc(C)cc2)n1. The van der Waals surface area contributed by atoms with Crippen molar-refractivity contribution in [1.82, 2.24) is 19.7 Å². The Labute approximate surface area is 262 Å². The maximum absolute atomic E-state index is 13.4. The van der Waals surface area contributed by atoms with Gasteiger partial charge in [0.15, 0.2) is 0 Å². The van der Waals surface area contributed by atoms with E-state index in [2.05, 4.69) is 32.8 Å². The first-order valence-corrected chi connectivity index (χ1v) is 15.1. The first-order valence-electron chi connectivity index (χ1n) is 15.1. The lowest BCUT2D eigenvalue weighted by molar-refractivity contribution is 0.262. The highest BCUT2D eigenvalue weighted by Gasteiger charge is 2.15. The van der Waals surface area contributed by atoms with Crippen LogP contribution in [0.5, 0.6) is 11.6 Å². The monoisotopic (exact) mass is 597 g/mol. The third-order valence-corrected chi connectivity index (χ3v) is 7.32. The fraction of sp³-hybridized carbons (Fsp3) is 0.167. The molecule has 0 unspecified atom stereocenters. The van der Waals surface area contributed by atoms with E-state index in [1.807, 2.05) is 105 Å². The second kappa shape index (κ2) is 13.3. The van der Waals surface area contributed by atoms with Crippen LogP contribution in [0.1, 0.15) is 36.6 Å². The van der Waals surface area contributed by atoms with Crippen LogP contribution in [-0.4, -0.2) is 25.8 Å². The zero-order valence-electron chi connectivity index (χ0n) is 25.5. The highest BCUT2D eigenvalue weighted by atomic mass is 16.5. The standard InChI is InChI=1S/C36H35N7O2/c1-4-5-10-27-23-33(43(42-27)28-16-14-24(2)15-17-28)40-36(44)39-31-18-19-32(30-13-7-6-12-29(30)31)45-34-20-21-37-35(41-34)38-26-11-8-9-25(3)22-26/h6-9,11-23H,4-5,10H2,1-3H3,(H,37,38,41)(H2,39,40,44). The molecule has 6 aromatic rings. The van der Waals surface area contributed by atoms with Crippen molar-refractivity contribution in [3.8, 4) is 17.3 Å². The second-order valence-corrected chi connectivity index (χ2v) is 10.9. The van der Waals surface area contributed by atoms with E-state index in [4.69, 9.17) is 9.84 Å². The molecule has 4 aromatic carbocycles. The van der Waals surface area contributed by atoms with E-state index >= 15 is 0 Å². The Balaban J connectivity index is 1.21. The number of unbranched alkanes of at least 4 members (excludes halogenated alkanes) is 1. The minimum absolute atomic E-state index is 0.369. The molecule has 45 heavy (non-hydrogen) atoms. The van der Waals surface area contributed by atoms with E-state index < -0.39 is 0 Å². The van der Waals surface area contributed by atoms with Crippen molar-refractivity contribution in [1.29, 1.82) is 0 Å². The van der Waals surface area contributed by atoms with E-state index in [1.165, 1.54) is 0 Å². The Morgan fingerprint density at radius 2 is 1.67 bits per heavy atom. The minimum atomic E-state index is -0.369. The number of aryl methyl sites for hydroxylation is 3. The number of benzene rings is 4. The highest BCUT2D eigenvalue weighted by molar-refractivity contribution is 6.07. The molecule has 0 radical (unpaired) electrons. The zero-order chi connectivity index (χ0) is 31.2. The van der Waals surface area contributed by atoms with Gasteiger partial charge in [0.2, 0.25) is 11.8 Å². The van der Waals surface area contributed by atoms with Crippen LogP contribution in [0.3, 0.4) is 0 Å². The summed E-state index contributed by atoms with van der Waals surface area (Å²) in [5.41, 5.74) is 5.64. The number of urea groups is 1. The molecular weight excluding hydrogens is 562 g/mol. The van der Waals surface area contributed by atoms with E-state index in [0.29, 0.717) is 29.1 Å². The number of fused-ring (bicyclic) bond motifs is 1. The molecule has 9 heteroatoms. The average molecular weight is 598 g/mol. The van der Waals surface area contributed by atoms with Gasteiger partial charge in [0, 0.05) is 34.8 Å². The first kappa shape index (κ1) is 29.4. The summed E-state index contributed by atoms with van der Waals surface area (Å²) >= 11 is 0. The number of hydrogen-bond acceptors (Lipinski definition) is 6. The van der Waals surface area contributed by atoms with Crippen molar-refractivity contribution in [2.45, 2.75) is 40.0 Å². The van der Waals surface area contributed by atoms with E-state index in [-0.39, 0.29) is 6.03 Å². The average Bonchev–Trinajstić information content (AvgIpc) is 3.44. The Hall–Kier alpha value is -5.70. The molecule has 0 atom stereocenters. The van der Waals surface area contributed by atoms with Crippen molar-refractivity contribution >= 4 is 39.9 Å². The number of ether oxygens (including phenoxy) is 1. The molecule has 9 nitrogen and oxygen atoms in total. The summed E-state index contributed by atoms with van der Waals surface area (Å²) < 4.78 is 8.01. The molecule has 0 aliphatic rings. The van der Waals surface area contributed by atoms with Gasteiger partial charge in [-0.25, -0.2) is 14.5 Å². The number of nitrogens with one attached hydrogen (secondary N) is 3. The molecule has 6 rings (SSSR count). The maximum atomic E-state index is 13.4. The third kappa shape index (κ3) is 7.10. The van der Waals surface area contributed by atoms with Gasteiger partial charge in [-0.05, 0) is 68.7 Å². The Kier molecular flexibility index (Phi) is 8.68. The lowest BCUT2D eigenvalue weighted by Crippen LogP contribution is -2.21. The topological polar surface area (TPSA) is 106 Å². The molecule has 2 heterocycles. The molecule has 0 aliphatic carbocycles. The van der Waals surface area contributed by atoms with Gasteiger partial charge in [-0.15, -0.1) is 0 Å². The predicted molar refractivity (Wildman–Crippen MR) is 180 cm³/mol. The molecule has 226 valence electrons. The zero-order valence-corrected chi connectivity index (χ0v) is 25.5. The first-order chi connectivity index (χ1) is 21.9. The number of hydrogen-bond donors (Lipinski definition) is 3. The van der Waals surface area contributed by atoms with Crippen LogP contribution in [-0.2, 0) is 6.42 Å². The summed E-state index contributed by atoms with van der Waals surface area (Å²) in [5, 5.41) is 15.7. The normalized spacial score (nSPS) is 10.9. The lowest BCUT2D eigenvalue weighted by atomic mass is 10.1. The van der Waals surface area contributed by atoms with Crippen LogP contribution in [0.4, 0.5) is 27.9 Å². The number of aromatic nitrogens is 4. The van der Waals surface area contributed by atoms with Gasteiger partial charge in [-0.2, -0.15) is 10.1 Å². The Bertz CT molecular complexity index is 1950. The summed E-state index contributed by atoms with van der Waals surface area (Å²) in [5.74, 6) is 2.03. The second-order valence-electron chi connectivity index (χ2n) is 10.9. The molecule has 0 saturated carbocycles. The van der Waals surface area contributed by atoms with Gasteiger partial charge in [-0.1, -0.05) is 67.4 Å². The van der Waals surface area contributed by atoms with E-state index in [9.17, 15) is 4.79 Å². The summed E-state index contributed by atoms with van der Waals surface area (Å²) in [6.07, 6.45) is 4.58. The highest BCUT2D eigenvalue weighted by Crippen LogP contribution is 2.34. The van der Waals surface area contributed by atoms with Crippen molar-refractivity contribution in [3.63, 3.8) is 0 Å². The number of rotatable bonds is 10. The molecule has 0 bridgehead atoms. The molecule has 2 aromatic heterocycles. The van der Waals surface area contributed by atoms with Crippen LogP contribution >= 0.6 is 0 Å². The van der Waals surface area contributed by atoms with Crippen LogP contribution in [0.15, 0.2) is 103 Å². The van der Waals surface area contributed by atoms with Crippen molar-refractivity contribution in [3.05, 3.63) is 120 Å². The molecule has 3 N–H and O–H groups in total. The molecule has 0 fully saturated rings. The van der Waals surface area contributed by atoms with Crippen LogP contribution in [0, 0.1) is 13.8 Å². The van der Waals surface area contributed by atoms with Gasteiger partial charge < -0.3 is 15.4 Å². The number of carbonyl (C=O) groups is 1. The lowest BCUT2D eigenvalue weighted by Gasteiger charge is -2.14. The molecule has 0 saturated heterocycles. The van der Waals surface area contributed by atoms with Crippen LogP contribution in [0.25, 0.3) is 16.5 Å². The number of amides is 2. The molecule has 0 spiro atoms. The largest absolute Gasteiger partial charge is 0.438 e. The minimum Gasteiger partial charge on any atom is -0.438 e. The summed E-state index contributed by atoms with van der Waals surface area (Å²) in [4.78, 5) is 22.2. The molecule has 2 amide bonds. The molecule has 0 aliphatic heterocycles. The van der Waals surface area contributed by atoms with Gasteiger partial charge in [0.1, 0.15) is 11.6 Å². The van der Waals surface area contributed by atoms with Gasteiger partial charge in [0.25, 0.3) is 0 Å². The smallest absolute Gasteiger partial charge is 0.324 e. The Morgan fingerprint density at radius 1 is 0.844 bits per heavy atom. The van der Waals surface area contributed by atoms with E-state index in [0.717, 1.165) is 58.2 Å². The number of nitrogens with zero attached hydrogens (tertiary/aromatic N) is 4. The van der Waals surface area contributed by atoms with Gasteiger partial charge in [-0.3, -0.25) is 5.32 Å². The van der Waals surface area contributed by atoms with Crippen molar-refractivity contribution < 1.29 is 9.53 Å². The fourth-order valence-electron chi connectivity index (χ4n) is 5.05. The fourth-order valence-corrected chi connectivity index (χ4v) is 5.05. The van der Waals surface area contributed by atoms with Gasteiger partial charge >= 0.3 is 6.03 Å². The third-order valence-electron chi connectivity index (χ3n) is 7.32. The van der Waals surface area contributed by atoms with Crippen LogP contribution < -0.4 is 20.7 Å². The van der Waals surface area contributed by atoms with E-state index in [1.54, 1.807) is 16.9 Å². The van der Waals surface area contributed by atoms with Crippen LogP contribution in [0.2, 0.25) is 0 Å². The maximum Gasteiger partial charge on any atom is 0.324 e. The Morgan fingerprint density at radius 3 is 2.47 bits per heavy atom. The summed E-state index contributed by atoms with van der Waals surface area (Å²) in [6, 6.07) is 30.7. The van der Waals surface area contributed by atoms with Gasteiger partial charge in [0.05, 0.1) is 17.1 Å². The predicted octanol–water partition coefficient (Wildman–Crippen LogP) is 8.95. The summed E-state index contributed by atoms with van der Waals surface area (Å²) in [7, 11) is 0. The molecular formula is C36H35N7O2. The quantitative estimate of drug-likeness (QED) is 0.146. The summed E-state index contributed by atoms with van der Waals surface area (Å²) in [6.45, 7) is 6.23.